The van der Waals surface area contributed by atoms with Crippen molar-refractivity contribution in [2.24, 2.45) is 0 Å². The lowest BCUT2D eigenvalue weighted by Crippen LogP contribution is -2.06. The zero-order chi connectivity index (χ0) is 14.1. The Labute approximate surface area is 119 Å². The molecule has 2 heterocycles. The maximum absolute atomic E-state index is 11.6. The summed E-state index contributed by atoms with van der Waals surface area (Å²) >= 11 is 1.57. The first-order valence-corrected chi connectivity index (χ1v) is 7.43. The van der Waals surface area contributed by atoms with Crippen molar-refractivity contribution in [1.29, 1.82) is 0 Å². The second kappa shape index (κ2) is 5.24. The molecule has 0 aromatic carbocycles. The Kier molecular flexibility index (Phi) is 3.43. The van der Waals surface area contributed by atoms with Crippen LogP contribution < -0.4 is 5.73 Å². The van der Waals surface area contributed by atoms with Crippen LogP contribution in [0.3, 0.4) is 0 Å². The van der Waals surface area contributed by atoms with Gasteiger partial charge in [0.25, 0.3) is 11.7 Å². The molecule has 2 N–H and O–H groups in total. The third kappa shape index (κ3) is 2.18. The second-order valence-corrected chi connectivity index (χ2v) is 5.73. The van der Waals surface area contributed by atoms with Crippen molar-refractivity contribution >= 4 is 22.3 Å². The lowest BCUT2D eigenvalue weighted by Gasteiger charge is -2.10. The van der Waals surface area contributed by atoms with Crippen LogP contribution in [0.5, 0.6) is 0 Å². The van der Waals surface area contributed by atoms with Crippen molar-refractivity contribution in [2.45, 2.75) is 32.6 Å². The van der Waals surface area contributed by atoms with E-state index in [1.165, 1.54) is 16.9 Å². The Morgan fingerprint density at radius 3 is 3.05 bits per heavy atom. The summed E-state index contributed by atoms with van der Waals surface area (Å²) in [4.78, 5) is 17.0. The standard InChI is InChI=1S/C13H15N3O3S/c1-2-18-13(17)11-15-12(19-16-11)9-7-5-3-4-6-8(7)20-10(9)14/h2-6,14H2,1H3. The van der Waals surface area contributed by atoms with Gasteiger partial charge in [-0.2, -0.15) is 4.98 Å². The quantitative estimate of drug-likeness (QED) is 0.874. The molecule has 1 aliphatic rings. The Hall–Kier alpha value is -1.89. The molecule has 0 bridgehead atoms. The molecule has 0 amide bonds. The van der Waals surface area contributed by atoms with Crippen LogP contribution in [0.2, 0.25) is 0 Å². The molecule has 3 rings (SSSR count). The Morgan fingerprint density at radius 1 is 1.45 bits per heavy atom. The van der Waals surface area contributed by atoms with Gasteiger partial charge in [-0.15, -0.1) is 11.3 Å². The smallest absolute Gasteiger partial charge is 0.379 e. The van der Waals surface area contributed by atoms with Crippen molar-refractivity contribution in [3.63, 3.8) is 0 Å². The number of fused-ring (bicyclic) bond motifs is 1. The van der Waals surface area contributed by atoms with Crippen LogP contribution in [0, 0.1) is 0 Å². The number of aryl methyl sites for hydroxylation is 1. The molecule has 1 aliphatic carbocycles. The number of hydrogen-bond acceptors (Lipinski definition) is 7. The van der Waals surface area contributed by atoms with Gasteiger partial charge >= 0.3 is 5.97 Å². The molecule has 0 atom stereocenters. The molecule has 0 unspecified atom stereocenters. The number of ether oxygens (including phenoxy) is 1. The maximum atomic E-state index is 11.6. The summed E-state index contributed by atoms with van der Waals surface area (Å²) in [5.74, 6) is -0.327. The maximum Gasteiger partial charge on any atom is 0.379 e. The molecular formula is C13H15N3O3S. The predicted octanol–water partition coefficient (Wildman–Crippen LogP) is 2.44. The average molecular weight is 293 g/mol. The van der Waals surface area contributed by atoms with Crippen LogP contribution in [-0.4, -0.2) is 22.7 Å². The number of anilines is 1. The molecule has 2 aromatic rings. The van der Waals surface area contributed by atoms with Gasteiger partial charge in [0.1, 0.15) is 0 Å². The molecular weight excluding hydrogens is 278 g/mol. The molecule has 106 valence electrons. The minimum atomic E-state index is -0.579. The van der Waals surface area contributed by atoms with Gasteiger partial charge in [-0.3, -0.25) is 0 Å². The van der Waals surface area contributed by atoms with Gasteiger partial charge < -0.3 is 15.0 Å². The molecule has 7 heteroatoms. The molecule has 2 aromatic heterocycles. The summed E-state index contributed by atoms with van der Waals surface area (Å²) in [5, 5.41) is 4.35. The summed E-state index contributed by atoms with van der Waals surface area (Å²) < 4.78 is 10.0. The van der Waals surface area contributed by atoms with Crippen molar-refractivity contribution in [3.05, 3.63) is 16.3 Å². The fraction of sp³-hybridized carbons (Fsp3) is 0.462. The first-order valence-electron chi connectivity index (χ1n) is 6.62. The highest BCUT2D eigenvalue weighted by Crippen LogP contribution is 2.41. The Morgan fingerprint density at radius 2 is 2.25 bits per heavy atom. The number of nitrogens with zero attached hydrogens (tertiary/aromatic N) is 2. The van der Waals surface area contributed by atoms with E-state index in [1.54, 1.807) is 18.3 Å². The van der Waals surface area contributed by atoms with Crippen LogP contribution in [0.25, 0.3) is 11.5 Å². The Bertz CT molecular complexity index is 647. The topological polar surface area (TPSA) is 91.2 Å². The van der Waals surface area contributed by atoms with E-state index in [2.05, 4.69) is 10.1 Å². The van der Waals surface area contributed by atoms with E-state index in [0.717, 1.165) is 24.8 Å². The number of carbonyl (C=O) groups is 1. The lowest BCUT2D eigenvalue weighted by atomic mass is 9.95. The van der Waals surface area contributed by atoms with Crippen molar-refractivity contribution < 1.29 is 14.1 Å². The SMILES string of the molecule is CCOC(=O)c1noc(-c2c(N)sc3c2CCCC3)n1. The van der Waals surface area contributed by atoms with Crippen LogP contribution in [0.1, 0.15) is 40.8 Å². The van der Waals surface area contributed by atoms with E-state index in [0.29, 0.717) is 10.9 Å². The van der Waals surface area contributed by atoms with Gasteiger partial charge in [0.15, 0.2) is 0 Å². The molecule has 20 heavy (non-hydrogen) atoms. The van der Waals surface area contributed by atoms with Crippen LogP contribution >= 0.6 is 11.3 Å². The molecule has 6 nitrogen and oxygen atoms in total. The van der Waals surface area contributed by atoms with E-state index in [-0.39, 0.29) is 12.4 Å². The van der Waals surface area contributed by atoms with Gasteiger partial charge in [-0.1, -0.05) is 0 Å². The monoisotopic (exact) mass is 293 g/mol. The molecule has 0 fully saturated rings. The molecule has 0 spiro atoms. The number of nitrogen functional groups attached to an aromatic ring is 1. The molecule has 0 saturated heterocycles. The number of nitrogens with two attached hydrogens (primary N) is 1. The number of carbonyl (C=O) groups excluding carboxylic acids is 1. The zero-order valence-electron chi connectivity index (χ0n) is 11.1. The highest BCUT2D eigenvalue weighted by molar-refractivity contribution is 7.16. The zero-order valence-corrected chi connectivity index (χ0v) is 12.0. The molecule has 0 radical (unpaired) electrons. The first-order chi connectivity index (χ1) is 9.70. The number of esters is 1. The molecule has 0 saturated carbocycles. The third-order valence-corrected chi connectivity index (χ3v) is 4.42. The van der Waals surface area contributed by atoms with Crippen molar-refractivity contribution in [3.8, 4) is 11.5 Å². The summed E-state index contributed by atoms with van der Waals surface area (Å²) in [6, 6.07) is 0. The van der Waals surface area contributed by atoms with Crippen LogP contribution in [0.15, 0.2) is 4.52 Å². The fourth-order valence-corrected chi connectivity index (χ4v) is 3.58. The van der Waals surface area contributed by atoms with Crippen LogP contribution in [-0.2, 0) is 17.6 Å². The van der Waals surface area contributed by atoms with Crippen LogP contribution in [0.4, 0.5) is 5.00 Å². The number of rotatable bonds is 3. The fourth-order valence-electron chi connectivity index (χ4n) is 2.43. The first kappa shape index (κ1) is 13.1. The normalized spacial score (nSPS) is 14.1. The second-order valence-electron chi connectivity index (χ2n) is 4.59. The van der Waals surface area contributed by atoms with Gasteiger partial charge in [-0.25, -0.2) is 4.79 Å². The van der Waals surface area contributed by atoms with E-state index >= 15 is 0 Å². The summed E-state index contributed by atoms with van der Waals surface area (Å²) in [7, 11) is 0. The number of thiophene rings is 1. The number of aromatic nitrogens is 2. The minimum absolute atomic E-state index is 0.0583. The highest BCUT2D eigenvalue weighted by Gasteiger charge is 2.25. The van der Waals surface area contributed by atoms with Gasteiger partial charge in [0.05, 0.1) is 17.2 Å². The summed E-state index contributed by atoms with van der Waals surface area (Å²) in [6.45, 7) is 2.00. The molecule has 0 aliphatic heterocycles. The number of hydrogen-bond donors (Lipinski definition) is 1. The largest absolute Gasteiger partial charge is 0.460 e. The predicted molar refractivity (Wildman–Crippen MR) is 74.6 cm³/mol. The highest BCUT2D eigenvalue weighted by atomic mass is 32.1. The van der Waals surface area contributed by atoms with Gasteiger partial charge in [0, 0.05) is 4.88 Å². The van der Waals surface area contributed by atoms with Crippen molar-refractivity contribution in [2.75, 3.05) is 12.3 Å². The minimum Gasteiger partial charge on any atom is -0.460 e. The lowest BCUT2D eigenvalue weighted by molar-refractivity contribution is 0.0508. The summed E-state index contributed by atoms with van der Waals surface area (Å²) in [6.07, 6.45) is 4.33. The van der Waals surface area contributed by atoms with E-state index in [9.17, 15) is 4.79 Å². The van der Waals surface area contributed by atoms with Gasteiger partial charge in [0.2, 0.25) is 0 Å². The van der Waals surface area contributed by atoms with Crippen molar-refractivity contribution in [1.82, 2.24) is 10.1 Å². The summed E-state index contributed by atoms with van der Waals surface area (Å²) in [5.41, 5.74) is 8.06. The Balaban J connectivity index is 1.97. The van der Waals surface area contributed by atoms with Gasteiger partial charge in [-0.05, 0) is 43.3 Å². The van der Waals surface area contributed by atoms with E-state index < -0.39 is 5.97 Å². The third-order valence-electron chi connectivity index (χ3n) is 3.30. The van der Waals surface area contributed by atoms with E-state index in [1.807, 2.05) is 0 Å². The van der Waals surface area contributed by atoms with E-state index in [4.69, 9.17) is 15.0 Å². The average Bonchev–Trinajstić information content (AvgIpc) is 3.01.